The number of fused-ring (bicyclic) bond motifs is 3. The molecule has 0 amide bonds. The summed E-state index contributed by atoms with van der Waals surface area (Å²) in [5.74, 6) is 1.60. The average Bonchev–Trinajstić information content (AvgIpc) is 3.30. The molecule has 4 heterocycles. The first kappa shape index (κ1) is 24.6. The number of anilines is 5. The third-order valence-corrected chi connectivity index (χ3v) is 8.15. The van der Waals surface area contributed by atoms with Crippen LogP contribution < -0.4 is 25.2 Å². The van der Waals surface area contributed by atoms with Crippen LogP contribution in [0, 0.1) is 23.5 Å². The lowest BCUT2D eigenvalue weighted by Gasteiger charge is -2.39. The van der Waals surface area contributed by atoms with Crippen molar-refractivity contribution in [1.82, 2.24) is 20.2 Å². The Kier molecular flexibility index (Phi) is 5.96. The van der Waals surface area contributed by atoms with E-state index in [9.17, 15) is 8.78 Å². The number of nitrogens with one attached hydrogen (secondary N) is 2. The maximum atomic E-state index is 14.1. The Labute approximate surface area is 220 Å². The van der Waals surface area contributed by atoms with Crippen molar-refractivity contribution < 1.29 is 13.5 Å². The molecular formula is C27H32F2N8O. The number of ether oxygens (including phenoxy) is 1. The molecule has 2 aliphatic heterocycles. The van der Waals surface area contributed by atoms with Gasteiger partial charge in [0.2, 0.25) is 11.8 Å². The normalized spacial score (nSPS) is 23.4. The lowest BCUT2D eigenvalue weighted by atomic mass is 9.88. The molecular weight excluding hydrogens is 490 g/mol. The molecule has 2 N–H and O–H groups in total. The molecule has 3 aliphatic rings. The second-order valence-electron chi connectivity index (χ2n) is 11.0. The molecule has 2 fully saturated rings. The summed E-state index contributed by atoms with van der Waals surface area (Å²) in [5.41, 5.74) is 2.26. The van der Waals surface area contributed by atoms with E-state index in [2.05, 4.69) is 39.6 Å². The van der Waals surface area contributed by atoms with Gasteiger partial charge in [-0.1, -0.05) is 13.8 Å². The first-order valence-corrected chi connectivity index (χ1v) is 13.0. The lowest BCUT2D eigenvalue weighted by Crippen LogP contribution is -2.48. The maximum Gasteiger partial charge on any atom is 0.235 e. The van der Waals surface area contributed by atoms with Gasteiger partial charge in [-0.2, -0.15) is 15.1 Å². The molecule has 1 aliphatic carbocycles. The Hall–Kier alpha value is -3.76. The highest BCUT2D eigenvalue weighted by Crippen LogP contribution is 2.47. The predicted molar refractivity (Wildman–Crippen MR) is 142 cm³/mol. The quantitative estimate of drug-likeness (QED) is 0.490. The minimum atomic E-state index is -0.875. The molecule has 2 bridgehead atoms. The van der Waals surface area contributed by atoms with Crippen molar-refractivity contribution >= 4 is 29.0 Å². The highest BCUT2D eigenvalue weighted by molar-refractivity contribution is 5.75. The van der Waals surface area contributed by atoms with Gasteiger partial charge in [0.25, 0.3) is 0 Å². The molecule has 38 heavy (non-hydrogen) atoms. The lowest BCUT2D eigenvalue weighted by molar-refractivity contribution is 0.373. The SMILES string of the molecule is CNc1nc(NC2[C@@H]3CC[C@H]2CN(c2cnnc(OC)c2)C3)nc2c1C(C)(C)CN2c1ccc(F)c(F)c1. The molecule has 200 valence electrons. The van der Waals surface area contributed by atoms with Crippen LogP contribution in [0.4, 0.5) is 37.7 Å². The van der Waals surface area contributed by atoms with Crippen LogP contribution in [0.2, 0.25) is 0 Å². The molecule has 11 heteroatoms. The summed E-state index contributed by atoms with van der Waals surface area (Å²) >= 11 is 0. The van der Waals surface area contributed by atoms with Crippen LogP contribution in [0.15, 0.2) is 30.5 Å². The smallest absolute Gasteiger partial charge is 0.235 e. The molecule has 0 spiro atoms. The monoisotopic (exact) mass is 522 g/mol. The number of hydrogen-bond acceptors (Lipinski definition) is 9. The Morgan fingerprint density at radius 3 is 2.47 bits per heavy atom. The topological polar surface area (TPSA) is 91.3 Å². The van der Waals surface area contributed by atoms with Crippen LogP contribution in [0.5, 0.6) is 5.88 Å². The molecule has 1 aromatic carbocycles. The van der Waals surface area contributed by atoms with Gasteiger partial charge in [0.15, 0.2) is 11.6 Å². The summed E-state index contributed by atoms with van der Waals surface area (Å²) < 4.78 is 33.1. The van der Waals surface area contributed by atoms with E-state index in [1.54, 1.807) is 19.4 Å². The maximum absolute atomic E-state index is 14.1. The highest BCUT2D eigenvalue weighted by atomic mass is 19.2. The van der Waals surface area contributed by atoms with Crippen LogP contribution >= 0.6 is 0 Å². The van der Waals surface area contributed by atoms with Crippen molar-refractivity contribution in [2.75, 3.05) is 54.2 Å². The molecule has 0 radical (unpaired) electrons. The average molecular weight is 523 g/mol. The van der Waals surface area contributed by atoms with E-state index >= 15 is 0 Å². The number of nitrogens with zero attached hydrogens (tertiary/aromatic N) is 6. The van der Waals surface area contributed by atoms with E-state index in [0.717, 1.165) is 49.1 Å². The second-order valence-corrected chi connectivity index (χ2v) is 11.0. The summed E-state index contributed by atoms with van der Waals surface area (Å²) in [7, 11) is 3.44. The van der Waals surface area contributed by atoms with E-state index in [-0.39, 0.29) is 11.5 Å². The summed E-state index contributed by atoms with van der Waals surface area (Å²) in [4.78, 5) is 14.1. The molecule has 9 nitrogen and oxygen atoms in total. The fourth-order valence-corrected chi connectivity index (χ4v) is 6.36. The third-order valence-electron chi connectivity index (χ3n) is 8.15. The van der Waals surface area contributed by atoms with E-state index in [1.165, 1.54) is 6.07 Å². The van der Waals surface area contributed by atoms with Crippen molar-refractivity contribution in [3.63, 3.8) is 0 Å². The minimum absolute atomic E-state index is 0.233. The summed E-state index contributed by atoms with van der Waals surface area (Å²) in [6.45, 7) is 6.58. The molecule has 6 rings (SSSR count). The minimum Gasteiger partial charge on any atom is -0.480 e. The number of benzene rings is 1. The fourth-order valence-electron chi connectivity index (χ4n) is 6.36. The van der Waals surface area contributed by atoms with Crippen LogP contribution in [0.3, 0.4) is 0 Å². The molecule has 1 saturated carbocycles. The summed E-state index contributed by atoms with van der Waals surface area (Å²) in [6.07, 6.45) is 4.02. The van der Waals surface area contributed by atoms with Gasteiger partial charge in [-0.3, -0.25) is 0 Å². The van der Waals surface area contributed by atoms with E-state index in [1.807, 2.05) is 18.0 Å². The van der Waals surface area contributed by atoms with Crippen molar-refractivity contribution in [2.45, 2.75) is 38.1 Å². The Morgan fingerprint density at radius 2 is 1.79 bits per heavy atom. The van der Waals surface area contributed by atoms with Crippen LogP contribution in [0.1, 0.15) is 32.3 Å². The van der Waals surface area contributed by atoms with Gasteiger partial charge in [0, 0.05) is 61.5 Å². The van der Waals surface area contributed by atoms with E-state index in [0.29, 0.717) is 41.7 Å². The first-order chi connectivity index (χ1) is 18.3. The molecule has 3 aromatic rings. The van der Waals surface area contributed by atoms with Gasteiger partial charge in [-0.05, 0) is 36.8 Å². The molecule has 2 aromatic heterocycles. The zero-order valence-corrected chi connectivity index (χ0v) is 22.0. The fraction of sp³-hybridized carbons (Fsp3) is 0.481. The standard InChI is InChI=1S/C27H32F2N8O/c1-27(2)14-37(17-7-8-19(28)20(29)9-17)25-22(27)24(30-3)33-26(34-25)32-23-15-5-6-16(23)13-36(12-15)18-10-21(38-4)35-31-11-18/h7-11,15-16,23H,5-6,12-14H2,1-4H3,(H2,30,32,33,34)/t15-,16+,23?. The predicted octanol–water partition coefficient (Wildman–Crippen LogP) is 4.35. The number of piperidine rings is 1. The first-order valence-electron chi connectivity index (χ1n) is 13.0. The number of methoxy groups -OCH3 is 1. The number of hydrogen-bond donors (Lipinski definition) is 2. The van der Waals surface area contributed by atoms with Crippen molar-refractivity contribution in [2.24, 2.45) is 11.8 Å². The zero-order chi connectivity index (χ0) is 26.6. The Morgan fingerprint density at radius 1 is 1.03 bits per heavy atom. The van der Waals surface area contributed by atoms with Crippen molar-refractivity contribution in [3.8, 4) is 5.88 Å². The van der Waals surface area contributed by atoms with Gasteiger partial charge < -0.3 is 25.2 Å². The Bertz CT molecular complexity index is 1350. The largest absolute Gasteiger partial charge is 0.480 e. The van der Waals surface area contributed by atoms with Gasteiger partial charge >= 0.3 is 0 Å². The van der Waals surface area contributed by atoms with Gasteiger partial charge in [0.05, 0.1) is 19.0 Å². The second kappa shape index (κ2) is 9.21. The summed E-state index contributed by atoms with van der Waals surface area (Å²) in [5, 5.41) is 15.0. The van der Waals surface area contributed by atoms with Gasteiger partial charge in [-0.25, -0.2) is 8.78 Å². The summed E-state index contributed by atoms with van der Waals surface area (Å²) in [6, 6.07) is 6.15. The van der Waals surface area contributed by atoms with Crippen LogP contribution in [0.25, 0.3) is 0 Å². The van der Waals surface area contributed by atoms with Crippen molar-refractivity contribution in [3.05, 3.63) is 47.7 Å². The van der Waals surface area contributed by atoms with E-state index in [4.69, 9.17) is 14.7 Å². The van der Waals surface area contributed by atoms with Gasteiger partial charge in [-0.15, -0.1) is 5.10 Å². The molecule has 1 unspecified atom stereocenters. The van der Waals surface area contributed by atoms with Crippen LogP contribution in [-0.4, -0.2) is 60.0 Å². The van der Waals surface area contributed by atoms with Gasteiger partial charge in [0.1, 0.15) is 11.6 Å². The number of aromatic nitrogens is 4. The van der Waals surface area contributed by atoms with E-state index < -0.39 is 11.6 Å². The zero-order valence-electron chi connectivity index (χ0n) is 22.0. The third kappa shape index (κ3) is 4.13. The molecule has 1 saturated heterocycles. The molecule has 3 atom stereocenters. The number of halogens is 2. The Balaban J connectivity index is 1.29. The highest BCUT2D eigenvalue weighted by Gasteiger charge is 2.44. The van der Waals surface area contributed by atoms with Crippen molar-refractivity contribution in [1.29, 1.82) is 0 Å². The van der Waals surface area contributed by atoms with Crippen LogP contribution in [-0.2, 0) is 5.41 Å². The number of rotatable bonds is 6.